The molecule has 0 aromatic heterocycles. The molecule has 2 rings (SSSR count). The van der Waals surface area contributed by atoms with Gasteiger partial charge < -0.3 is 10.1 Å². The Balaban J connectivity index is 1.73. The number of thiocarbonyl (C=S) groups is 1. The summed E-state index contributed by atoms with van der Waals surface area (Å²) < 4.78 is 5.06. The zero-order chi connectivity index (χ0) is 18.8. The molecular formula is C18H18N4O3S. The van der Waals surface area contributed by atoms with Crippen molar-refractivity contribution in [2.75, 3.05) is 12.4 Å². The van der Waals surface area contributed by atoms with Gasteiger partial charge in [-0.25, -0.2) is 10.2 Å². The van der Waals surface area contributed by atoms with Crippen molar-refractivity contribution in [1.82, 2.24) is 16.2 Å². The Bertz CT molecular complexity index is 792. The van der Waals surface area contributed by atoms with Crippen molar-refractivity contribution < 1.29 is 14.3 Å². The summed E-state index contributed by atoms with van der Waals surface area (Å²) >= 11 is 4.94. The van der Waals surface area contributed by atoms with Crippen molar-refractivity contribution in [2.45, 2.75) is 0 Å². The van der Waals surface area contributed by atoms with Gasteiger partial charge in [0.1, 0.15) is 5.75 Å². The summed E-state index contributed by atoms with van der Waals surface area (Å²) in [6, 6.07) is 15.6. The van der Waals surface area contributed by atoms with E-state index in [1.807, 2.05) is 18.2 Å². The second-order valence-electron chi connectivity index (χ2n) is 5.00. The SMILES string of the molecule is COc1ccc(/C=C/C(=O)NC(=S)NNC(=O)Nc2ccccc2)cc1. The van der Waals surface area contributed by atoms with Gasteiger partial charge in [0, 0.05) is 11.8 Å². The van der Waals surface area contributed by atoms with Gasteiger partial charge in [0.2, 0.25) is 5.91 Å². The standard InChI is InChI=1S/C18H18N4O3S/c1-25-15-10-7-13(8-11-15)9-12-16(23)20-18(26)22-21-17(24)19-14-5-3-2-4-6-14/h2-12H,1H3,(H2,19,21,24)(H2,20,22,23,26)/b12-9+. The van der Waals surface area contributed by atoms with Crippen LogP contribution in [0.4, 0.5) is 10.5 Å². The van der Waals surface area contributed by atoms with Gasteiger partial charge in [0.25, 0.3) is 0 Å². The van der Waals surface area contributed by atoms with E-state index in [0.29, 0.717) is 5.69 Å². The van der Waals surface area contributed by atoms with Crippen LogP contribution in [0.15, 0.2) is 60.7 Å². The van der Waals surface area contributed by atoms with Gasteiger partial charge in [-0.3, -0.25) is 15.5 Å². The minimum absolute atomic E-state index is 0.0300. The summed E-state index contributed by atoms with van der Waals surface area (Å²) in [5.41, 5.74) is 6.23. The second-order valence-corrected chi connectivity index (χ2v) is 5.40. The molecule has 2 aromatic carbocycles. The number of methoxy groups -OCH3 is 1. The molecule has 0 aliphatic carbocycles. The molecule has 7 nitrogen and oxygen atoms in total. The van der Waals surface area contributed by atoms with Crippen LogP contribution in [0.5, 0.6) is 5.75 Å². The molecule has 0 saturated carbocycles. The predicted molar refractivity (Wildman–Crippen MR) is 105 cm³/mol. The fourth-order valence-electron chi connectivity index (χ4n) is 1.87. The molecule has 0 radical (unpaired) electrons. The van der Waals surface area contributed by atoms with Crippen LogP contribution in [-0.2, 0) is 4.79 Å². The Hall–Kier alpha value is -3.39. The smallest absolute Gasteiger partial charge is 0.337 e. The van der Waals surface area contributed by atoms with E-state index in [4.69, 9.17) is 17.0 Å². The van der Waals surface area contributed by atoms with Crippen molar-refractivity contribution in [1.29, 1.82) is 0 Å². The van der Waals surface area contributed by atoms with E-state index in [-0.39, 0.29) is 5.11 Å². The van der Waals surface area contributed by atoms with Gasteiger partial charge in [-0.15, -0.1) is 0 Å². The van der Waals surface area contributed by atoms with E-state index in [0.717, 1.165) is 11.3 Å². The number of anilines is 1. The van der Waals surface area contributed by atoms with E-state index in [2.05, 4.69) is 21.5 Å². The molecule has 8 heteroatoms. The zero-order valence-corrected chi connectivity index (χ0v) is 14.8. The average Bonchev–Trinajstić information content (AvgIpc) is 2.66. The Labute approximate surface area is 156 Å². The maximum Gasteiger partial charge on any atom is 0.337 e. The van der Waals surface area contributed by atoms with Crippen LogP contribution in [0.1, 0.15) is 5.56 Å². The molecule has 3 amide bonds. The van der Waals surface area contributed by atoms with Gasteiger partial charge in [0.15, 0.2) is 5.11 Å². The molecule has 26 heavy (non-hydrogen) atoms. The Morgan fingerprint density at radius 3 is 2.35 bits per heavy atom. The van der Waals surface area contributed by atoms with Crippen LogP contribution in [-0.4, -0.2) is 24.2 Å². The summed E-state index contributed by atoms with van der Waals surface area (Å²) in [4.78, 5) is 23.5. The molecule has 2 aromatic rings. The fraction of sp³-hybridized carbons (Fsp3) is 0.0556. The lowest BCUT2D eigenvalue weighted by molar-refractivity contribution is -0.115. The Morgan fingerprint density at radius 2 is 1.69 bits per heavy atom. The lowest BCUT2D eigenvalue weighted by Crippen LogP contribution is -2.49. The summed E-state index contributed by atoms with van der Waals surface area (Å²) in [6.07, 6.45) is 2.97. The van der Waals surface area contributed by atoms with Gasteiger partial charge in [-0.1, -0.05) is 30.3 Å². The Morgan fingerprint density at radius 1 is 1.00 bits per heavy atom. The molecule has 0 spiro atoms. The minimum Gasteiger partial charge on any atom is -0.497 e. The van der Waals surface area contributed by atoms with Crippen LogP contribution in [0.25, 0.3) is 6.08 Å². The number of carbonyl (C=O) groups is 2. The highest BCUT2D eigenvalue weighted by Gasteiger charge is 2.04. The lowest BCUT2D eigenvalue weighted by atomic mass is 10.2. The fourth-order valence-corrected chi connectivity index (χ4v) is 2.02. The topological polar surface area (TPSA) is 91.5 Å². The van der Waals surface area contributed by atoms with Gasteiger partial charge >= 0.3 is 6.03 Å². The number of hydrogen-bond acceptors (Lipinski definition) is 4. The first-order valence-corrected chi connectivity index (χ1v) is 8.03. The number of hydrazine groups is 1. The molecule has 0 saturated heterocycles. The van der Waals surface area contributed by atoms with Gasteiger partial charge in [0.05, 0.1) is 7.11 Å². The summed E-state index contributed by atoms with van der Waals surface area (Å²) in [5, 5.41) is 4.99. The molecule has 0 unspecified atom stereocenters. The summed E-state index contributed by atoms with van der Waals surface area (Å²) in [7, 11) is 1.58. The van der Waals surface area contributed by atoms with Crippen molar-refractivity contribution in [3.63, 3.8) is 0 Å². The van der Waals surface area contributed by atoms with Crippen molar-refractivity contribution in [3.05, 3.63) is 66.2 Å². The van der Waals surface area contributed by atoms with Crippen LogP contribution >= 0.6 is 12.2 Å². The molecule has 0 heterocycles. The average molecular weight is 370 g/mol. The highest BCUT2D eigenvalue weighted by atomic mass is 32.1. The third-order valence-electron chi connectivity index (χ3n) is 3.10. The lowest BCUT2D eigenvalue weighted by Gasteiger charge is -2.10. The number of benzene rings is 2. The van der Waals surface area contributed by atoms with E-state index in [9.17, 15) is 9.59 Å². The second kappa shape index (κ2) is 9.80. The number of nitrogens with one attached hydrogen (secondary N) is 4. The minimum atomic E-state index is -0.512. The normalized spacial score (nSPS) is 10.0. The predicted octanol–water partition coefficient (Wildman–Crippen LogP) is 2.44. The monoisotopic (exact) mass is 370 g/mol. The highest BCUT2D eigenvalue weighted by Crippen LogP contribution is 2.12. The molecule has 0 bridgehead atoms. The van der Waals surface area contributed by atoms with Crippen molar-refractivity contribution in [3.8, 4) is 5.75 Å². The van der Waals surface area contributed by atoms with Gasteiger partial charge in [-0.2, -0.15) is 0 Å². The first-order valence-electron chi connectivity index (χ1n) is 7.62. The molecule has 0 atom stereocenters. The van der Waals surface area contributed by atoms with Gasteiger partial charge in [-0.05, 0) is 48.1 Å². The maximum atomic E-state index is 11.8. The quantitative estimate of drug-likeness (QED) is 0.377. The first-order chi connectivity index (χ1) is 12.6. The third-order valence-corrected chi connectivity index (χ3v) is 3.31. The number of hydrogen-bond donors (Lipinski definition) is 4. The van der Waals surface area contributed by atoms with E-state index in [1.54, 1.807) is 49.6 Å². The van der Waals surface area contributed by atoms with Crippen molar-refractivity contribution >= 4 is 41.0 Å². The molecule has 0 aliphatic heterocycles. The van der Waals surface area contributed by atoms with Crippen LogP contribution in [0.2, 0.25) is 0 Å². The van der Waals surface area contributed by atoms with E-state index in [1.165, 1.54) is 6.08 Å². The number of ether oxygens (including phenoxy) is 1. The molecule has 0 aliphatic rings. The number of carbonyl (C=O) groups excluding carboxylic acids is 2. The summed E-state index contributed by atoms with van der Waals surface area (Å²) in [5.74, 6) is 0.306. The number of para-hydroxylation sites is 1. The molecule has 4 N–H and O–H groups in total. The number of urea groups is 1. The molecule has 0 fully saturated rings. The van der Waals surface area contributed by atoms with Crippen LogP contribution in [0.3, 0.4) is 0 Å². The largest absolute Gasteiger partial charge is 0.497 e. The number of amides is 3. The van der Waals surface area contributed by atoms with E-state index < -0.39 is 11.9 Å². The molecular weight excluding hydrogens is 352 g/mol. The highest BCUT2D eigenvalue weighted by molar-refractivity contribution is 7.80. The summed E-state index contributed by atoms with van der Waals surface area (Å²) in [6.45, 7) is 0. The van der Waals surface area contributed by atoms with Crippen LogP contribution < -0.4 is 26.2 Å². The Kier molecular flexibility index (Phi) is 7.14. The zero-order valence-electron chi connectivity index (χ0n) is 14.0. The maximum absolute atomic E-state index is 11.8. The third kappa shape index (κ3) is 6.62. The molecule has 134 valence electrons. The van der Waals surface area contributed by atoms with Crippen LogP contribution in [0, 0.1) is 0 Å². The van der Waals surface area contributed by atoms with E-state index >= 15 is 0 Å². The number of rotatable bonds is 4. The van der Waals surface area contributed by atoms with Crippen molar-refractivity contribution in [2.24, 2.45) is 0 Å². The first kappa shape index (κ1) is 18.9.